The van der Waals surface area contributed by atoms with E-state index in [0.29, 0.717) is 11.3 Å². The van der Waals surface area contributed by atoms with Crippen LogP contribution in [-0.2, 0) is 21.4 Å². The molecule has 2 aromatic rings. The number of hydrogen-bond acceptors (Lipinski definition) is 4. The van der Waals surface area contributed by atoms with Crippen molar-refractivity contribution in [1.29, 1.82) is 0 Å². The fourth-order valence-corrected chi connectivity index (χ4v) is 4.27. The number of sulfonamides is 1. The first-order valence-corrected chi connectivity index (χ1v) is 11.6. The van der Waals surface area contributed by atoms with Gasteiger partial charge in [-0.3, -0.25) is 9.59 Å². The normalized spacial score (nSPS) is 14.8. The predicted molar refractivity (Wildman–Crippen MR) is 116 cm³/mol. The molecule has 0 saturated heterocycles. The van der Waals surface area contributed by atoms with Gasteiger partial charge in [-0.15, -0.1) is 0 Å². The molecule has 0 aliphatic heterocycles. The van der Waals surface area contributed by atoms with Crippen LogP contribution in [0.2, 0.25) is 0 Å². The quantitative estimate of drug-likeness (QED) is 0.629. The number of amides is 2. The number of carbonyl (C=O) groups excluding carboxylic acids is 2. The Hall–Kier alpha value is -2.71. The lowest BCUT2D eigenvalue weighted by Crippen LogP contribution is -2.25. The summed E-state index contributed by atoms with van der Waals surface area (Å²) in [6.07, 6.45) is 5.19. The molecule has 3 N–H and O–H groups in total. The number of anilines is 1. The van der Waals surface area contributed by atoms with Gasteiger partial charge in [0, 0.05) is 23.7 Å². The smallest absolute Gasteiger partial charge is 0.251 e. The molecule has 0 spiro atoms. The van der Waals surface area contributed by atoms with Crippen LogP contribution in [0.5, 0.6) is 0 Å². The fraction of sp³-hybridized carbons (Fsp3) is 0.364. The summed E-state index contributed by atoms with van der Waals surface area (Å²) in [4.78, 5) is 25.1. The summed E-state index contributed by atoms with van der Waals surface area (Å²) in [5, 5.41) is 5.74. The zero-order valence-corrected chi connectivity index (χ0v) is 17.8. The minimum atomic E-state index is -3.48. The van der Waals surface area contributed by atoms with Gasteiger partial charge < -0.3 is 10.6 Å². The summed E-state index contributed by atoms with van der Waals surface area (Å²) in [6, 6.07) is 13.2. The van der Waals surface area contributed by atoms with Gasteiger partial charge in [0.2, 0.25) is 15.9 Å². The van der Waals surface area contributed by atoms with E-state index in [9.17, 15) is 18.0 Å². The predicted octanol–water partition coefficient (Wildman–Crippen LogP) is 3.04. The monoisotopic (exact) mass is 429 g/mol. The molecule has 7 nitrogen and oxygen atoms in total. The van der Waals surface area contributed by atoms with Gasteiger partial charge in [0.25, 0.3) is 5.91 Å². The van der Waals surface area contributed by atoms with Crippen LogP contribution in [0, 0.1) is 5.92 Å². The van der Waals surface area contributed by atoms with Gasteiger partial charge in [-0.2, -0.15) is 0 Å². The highest BCUT2D eigenvalue weighted by atomic mass is 32.2. The molecular formula is C22H27N3O4S. The van der Waals surface area contributed by atoms with Crippen molar-refractivity contribution in [3.05, 3.63) is 59.7 Å². The molecule has 0 bridgehead atoms. The Kier molecular flexibility index (Phi) is 7.23. The van der Waals surface area contributed by atoms with E-state index < -0.39 is 10.0 Å². The van der Waals surface area contributed by atoms with Crippen molar-refractivity contribution in [3.63, 3.8) is 0 Å². The molecular weight excluding hydrogens is 402 g/mol. The Morgan fingerprint density at radius 3 is 2.37 bits per heavy atom. The van der Waals surface area contributed by atoms with E-state index in [0.717, 1.165) is 31.2 Å². The summed E-state index contributed by atoms with van der Waals surface area (Å²) in [7, 11) is -2.13. The van der Waals surface area contributed by atoms with E-state index in [2.05, 4.69) is 15.4 Å². The summed E-state index contributed by atoms with van der Waals surface area (Å²) < 4.78 is 25.8. The lowest BCUT2D eigenvalue weighted by atomic mass is 9.88. The topological polar surface area (TPSA) is 104 Å². The van der Waals surface area contributed by atoms with Crippen molar-refractivity contribution in [3.8, 4) is 0 Å². The molecule has 1 fully saturated rings. The van der Waals surface area contributed by atoms with Crippen molar-refractivity contribution < 1.29 is 18.0 Å². The third-order valence-corrected chi connectivity index (χ3v) is 6.75. The average Bonchev–Trinajstić information content (AvgIpc) is 2.78. The van der Waals surface area contributed by atoms with Crippen molar-refractivity contribution in [2.75, 3.05) is 12.4 Å². The first kappa shape index (κ1) is 22.0. The molecule has 1 aliphatic rings. The van der Waals surface area contributed by atoms with Gasteiger partial charge in [-0.25, -0.2) is 13.1 Å². The van der Waals surface area contributed by atoms with Gasteiger partial charge in [0.05, 0.1) is 4.90 Å². The number of rotatable bonds is 7. The van der Waals surface area contributed by atoms with Crippen LogP contribution < -0.4 is 15.4 Å². The second-order valence-electron chi connectivity index (χ2n) is 7.44. The van der Waals surface area contributed by atoms with E-state index >= 15 is 0 Å². The lowest BCUT2D eigenvalue weighted by Gasteiger charge is -2.20. The second-order valence-corrected chi connectivity index (χ2v) is 9.33. The standard InChI is InChI=1S/C22H27N3O4S/c1-23-30(28,29)20-12-10-16(11-13-20)15-24-21(26)18-8-5-9-19(14-18)25-22(27)17-6-3-2-4-7-17/h5,8-14,17,23H,2-4,6-7,15H2,1H3,(H,24,26)(H,25,27). The van der Waals surface area contributed by atoms with Crippen LogP contribution in [0.1, 0.15) is 48.0 Å². The van der Waals surface area contributed by atoms with E-state index in [1.165, 1.54) is 25.6 Å². The second kappa shape index (κ2) is 9.86. The van der Waals surface area contributed by atoms with E-state index in [4.69, 9.17) is 0 Å². The van der Waals surface area contributed by atoms with Crippen molar-refractivity contribution in [2.45, 2.75) is 43.5 Å². The molecule has 8 heteroatoms. The molecule has 0 unspecified atom stereocenters. The molecule has 30 heavy (non-hydrogen) atoms. The Balaban J connectivity index is 1.58. The van der Waals surface area contributed by atoms with Crippen molar-refractivity contribution in [2.24, 2.45) is 5.92 Å². The van der Waals surface area contributed by atoms with Crippen LogP contribution in [-0.4, -0.2) is 27.3 Å². The number of benzene rings is 2. The van der Waals surface area contributed by atoms with E-state index in [1.807, 2.05) is 0 Å². The molecule has 3 rings (SSSR count). The lowest BCUT2D eigenvalue weighted by molar-refractivity contribution is -0.120. The maximum Gasteiger partial charge on any atom is 0.251 e. The van der Waals surface area contributed by atoms with Crippen LogP contribution in [0.25, 0.3) is 0 Å². The minimum absolute atomic E-state index is 0.0175. The maximum absolute atomic E-state index is 12.5. The minimum Gasteiger partial charge on any atom is -0.348 e. The highest BCUT2D eigenvalue weighted by Gasteiger charge is 2.21. The highest BCUT2D eigenvalue weighted by molar-refractivity contribution is 7.89. The van der Waals surface area contributed by atoms with Gasteiger partial charge in [-0.05, 0) is 55.8 Å². The molecule has 0 radical (unpaired) electrons. The first-order chi connectivity index (χ1) is 14.4. The van der Waals surface area contributed by atoms with E-state index in [1.54, 1.807) is 36.4 Å². The summed E-state index contributed by atoms with van der Waals surface area (Å²) >= 11 is 0. The maximum atomic E-state index is 12.5. The van der Waals surface area contributed by atoms with Crippen molar-refractivity contribution >= 4 is 27.5 Å². The van der Waals surface area contributed by atoms with Gasteiger partial charge in [0.15, 0.2) is 0 Å². The van der Waals surface area contributed by atoms with Gasteiger partial charge in [0.1, 0.15) is 0 Å². The van der Waals surface area contributed by atoms with Crippen molar-refractivity contribution in [1.82, 2.24) is 10.0 Å². The third kappa shape index (κ3) is 5.67. The molecule has 2 amide bonds. The SMILES string of the molecule is CNS(=O)(=O)c1ccc(CNC(=O)c2cccc(NC(=O)C3CCCCC3)c2)cc1. The summed E-state index contributed by atoms with van der Waals surface area (Å²) in [6.45, 7) is 0.261. The summed E-state index contributed by atoms with van der Waals surface area (Å²) in [5.74, 6) is -0.203. The number of hydrogen-bond donors (Lipinski definition) is 3. The van der Waals surface area contributed by atoms with Gasteiger partial charge in [-0.1, -0.05) is 37.5 Å². The Labute approximate surface area is 177 Å². The van der Waals surface area contributed by atoms with Crippen LogP contribution >= 0.6 is 0 Å². The molecule has 1 aliphatic carbocycles. The first-order valence-electron chi connectivity index (χ1n) is 10.1. The fourth-order valence-electron chi connectivity index (χ4n) is 3.54. The molecule has 1 saturated carbocycles. The van der Waals surface area contributed by atoms with Crippen LogP contribution in [0.3, 0.4) is 0 Å². The van der Waals surface area contributed by atoms with Crippen LogP contribution in [0.4, 0.5) is 5.69 Å². The Bertz CT molecular complexity index is 997. The molecule has 160 valence electrons. The Morgan fingerprint density at radius 1 is 1.00 bits per heavy atom. The zero-order valence-electron chi connectivity index (χ0n) is 17.0. The van der Waals surface area contributed by atoms with Crippen LogP contribution in [0.15, 0.2) is 53.4 Å². The molecule has 2 aromatic carbocycles. The highest BCUT2D eigenvalue weighted by Crippen LogP contribution is 2.25. The molecule has 0 heterocycles. The molecule has 0 atom stereocenters. The van der Waals surface area contributed by atoms with Gasteiger partial charge >= 0.3 is 0 Å². The number of carbonyl (C=O) groups is 2. The Morgan fingerprint density at radius 2 is 1.70 bits per heavy atom. The largest absolute Gasteiger partial charge is 0.348 e. The van der Waals surface area contributed by atoms with E-state index in [-0.39, 0.29) is 29.2 Å². The summed E-state index contributed by atoms with van der Waals surface area (Å²) in [5.41, 5.74) is 1.84. The zero-order chi connectivity index (χ0) is 21.6. The third-order valence-electron chi connectivity index (χ3n) is 5.32. The average molecular weight is 430 g/mol. The molecule has 0 aromatic heterocycles. The number of nitrogens with one attached hydrogen (secondary N) is 3.